The lowest BCUT2D eigenvalue weighted by molar-refractivity contribution is 0.348. The van der Waals surface area contributed by atoms with E-state index in [2.05, 4.69) is 6.58 Å². The van der Waals surface area contributed by atoms with Crippen LogP contribution in [0.1, 0.15) is 12.7 Å². The second kappa shape index (κ2) is 4.11. The maximum Gasteiger partial charge on any atom is 0.246 e. The quantitative estimate of drug-likeness (QED) is 0.735. The Morgan fingerprint density at radius 1 is 1.50 bits per heavy atom. The second-order valence-electron chi connectivity index (χ2n) is 3.61. The largest absolute Gasteiger partial charge is 0.484 e. The number of para-hydroxylation sites is 1. The molecule has 2 aromatic rings. The smallest absolute Gasteiger partial charge is 0.246 e. The van der Waals surface area contributed by atoms with Crippen molar-refractivity contribution in [1.82, 2.24) is 0 Å². The molecule has 0 spiro atoms. The fourth-order valence-corrected chi connectivity index (χ4v) is 1.43. The van der Waals surface area contributed by atoms with Gasteiger partial charge < -0.3 is 9.15 Å². The van der Waals surface area contributed by atoms with E-state index in [4.69, 9.17) is 14.4 Å². The van der Waals surface area contributed by atoms with E-state index in [-0.39, 0.29) is 5.76 Å². The minimum absolute atomic E-state index is 0.211. The van der Waals surface area contributed by atoms with Crippen LogP contribution in [0.4, 0.5) is 0 Å². The molecule has 0 saturated carbocycles. The monoisotopic (exact) mass is 213 g/mol. The number of fused-ring (bicyclic) bond motifs is 1. The van der Waals surface area contributed by atoms with E-state index in [9.17, 15) is 0 Å². The highest BCUT2D eigenvalue weighted by atomic mass is 16.5. The molecule has 0 N–H and O–H groups in total. The molecule has 16 heavy (non-hydrogen) atoms. The number of nitriles is 1. The first-order valence-corrected chi connectivity index (χ1v) is 4.91. The predicted octanol–water partition coefficient (Wildman–Crippen LogP) is 3.26. The van der Waals surface area contributed by atoms with E-state index >= 15 is 0 Å². The molecule has 1 aromatic carbocycles. The molecule has 3 nitrogen and oxygen atoms in total. The summed E-state index contributed by atoms with van der Waals surface area (Å²) in [4.78, 5) is 0. The molecule has 0 saturated heterocycles. The molecule has 0 aliphatic heterocycles. The normalized spacial score (nSPS) is 10.0. The van der Waals surface area contributed by atoms with Crippen molar-refractivity contribution in [3.8, 4) is 11.8 Å². The zero-order valence-electron chi connectivity index (χ0n) is 8.99. The van der Waals surface area contributed by atoms with Crippen LogP contribution in [-0.2, 0) is 0 Å². The summed E-state index contributed by atoms with van der Waals surface area (Å²) in [5.41, 5.74) is 1.56. The van der Waals surface area contributed by atoms with Gasteiger partial charge in [-0.15, -0.1) is 0 Å². The number of hydrogen-bond donors (Lipinski definition) is 0. The molecule has 3 heteroatoms. The van der Waals surface area contributed by atoms with Crippen LogP contribution < -0.4 is 4.74 Å². The number of benzene rings is 1. The number of rotatable bonds is 3. The van der Waals surface area contributed by atoms with Crippen LogP contribution in [0.25, 0.3) is 11.0 Å². The van der Waals surface area contributed by atoms with Crippen molar-refractivity contribution in [2.75, 3.05) is 6.61 Å². The van der Waals surface area contributed by atoms with Gasteiger partial charge in [-0.1, -0.05) is 18.7 Å². The maximum absolute atomic E-state index is 8.94. The molecule has 0 aliphatic carbocycles. The lowest BCUT2D eigenvalue weighted by Crippen LogP contribution is -1.97. The molecule has 1 heterocycles. The molecule has 0 radical (unpaired) electrons. The Morgan fingerprint density at radius 2 is 2.25 bits per heavy atom. The van der Waals surface area contributed by atoms with E-state index in [1.165, 1.54) is 0 Å². The van der Waals surface area contributed by atoms with Gasteiger partial charge in [0.25, 0.3) is 0 Å². The lowest BCUT2D eigenvalue weighted by atomic mass is 10.2. The van der Waals surface area contributed by atoms with Gasteiger partial charge in [0.2, 0.25) is 5.76 Å². The van der Waals surface area contributed by atoms with Gasteiger partial charge in [0.1, 0.15) is 18.3 Å². The Labute approximate surface area is 93.5 Å². The maximum atomic E-state index is 8.94. The van der Waals surface area contributed by atoms with Crippen LogP contribution in [-0.4, -0.2) is 6.61 Å². The van der Waals surface area contributed by atoms with E-state index in [1.807, 2.05) is 37.3 Å². The van der Waals surface area contributed by atoms with Crippen molar-refractivity contribution >= 4 is 11.0 Å². The fraction of sp³-hybridized carbons (Fsp3) is 0.154. The first-order chi connectivity index (χ1) is 7.72. The van der Waals surface area contributed by atoms with Crippen LogP contribution in [0.5, 0.6) is 5.75 Å². The van der Waals surface area contributed by atoms with Crippen LogP contribution in [0.2, 0.25) is 0 Å². The first-order valence-electron chi connectivity index (χ1n) is 4.91. The van der Waals surface area contributed by atoms with Crippen LogP contribution in [0.15, 0.2) is 40.8 Å². The summed E-state index contributed by atoms with van der Waals surface area (Å²) in [6, 6.07) is 9.40. The number of hydrogen-bond acceptors (Lipinski definition) is 3. The predicted molar refractivity (Wildman–Crippen MR) is 61.2 cm³/mol. The number of furan rings is 1. The van der Waals surface area contributed by atoms with E-state index < -0.39 is 0 Å². The Balaban J connectivity index is 2.48. The number of ether oxygens (including phenoxy) is 1. The minimum atomic E-state index is 0.211. The average Bonchev–Trinajstić information content (AvgIpc) is 2.64. The fourth-order valence-electron chi connectivity index (χ4n) is 1.43. The minimum Gasteiger partial charge on any atom is -0.484 e. The molecule has 0 fully saturated rings. The van der Waals surface area contributed by atoms with E-state index in [1.54, 1.807) is 0 Å². The highest BCUT2D eigenvalue weighted by molar-refractivity contribution is 5.86. The Kier molecular flexibility index (Phi) is 2.65. The molecular formula is C13H11NO2. The summed E-state index contributed by atoms with van der Waals surface area (Å²) in [7, 11) is 0. The number of nitrogens with zero attached hydrogens (tertiary/aromatic N) is 1. The third-order valence-electron chi connectivity index (χ3n) is 2.11. The van der Waals surface area contributed by atoms with Gasteiger partial charge in [0.15, 0.2) is 5.75 Å². The highest BCUT2D eigenvalue weighted by Gasteiger charge is 2.14. The molecule has 0 atom stereocenters. The molecule has 2 rings (SSSR count). The summed E-state index contributed by atoms with van der Waals surface area (Å²) in [5.74, 6) is 0.712. The second-order valence-corrected chi connectivity index (χ2v) is 3.61. The Bertz CT molecular complexity index is 575. The van der Waals surface area contributed by atoms with Crippen molar-refractivity contribution in [2.24, 2.45) is 0 Å². The zero-order valence-corrected chi connectivity index (χ0v) is 8.99. The van der Waals surface area contributed by atoms with Crippen molar-refractivity contribution in [3.05, 3.63) is 42.2 Å². The van der Waals surface area contributed by atoms with Crippen molar-refractivity contribution in [3.63, 3.8) is 0 Å². The summed E-state index contributed by atoms with van der Waals surface area (Å²) in [6.45, 7) is 6.01. The van der Waals surface area contributed by atoms with Gasteiger partial charge in [0, 0.05) is 0 Å². The molecule has 0 aliphatic rings. The van der Waals surface area contributed by atoms with Crippen molar-refractivity contribution in [2.45, 2.75) is 6.92 Å². The van der Waals surface area contributed by atoms with E-state index in [0.29, 0.717) is 17.9 Å². The molecule has 0 unspecified atom stereocenters. The summed E-state index contributed by atoms with van der Waals surface area (Å²) in [5, 5.41) is 9.76. The standard InChI is InChI=1S/C13H11NO2/c1-9(2)8-15-13-10-5-3-4-6-11(10)16-12(13)7-14/h3-6H,1,8H2,2H3. The Hall–Kier alpha value is -2.21. The van der Waals surface area contributed by atoms with E-state index in [0.717, 1.165) is 11.0 Å². The van der Waals surface area contributed by atoms with Crippen LogP contribution >= 0.6 is 0 Å². The molecule has 80 valence electrons. The summed E-state index contributed by atoms with van der Waals surface area (Å²) >= 11 is 0. The van der Waals surface area contributed by atoms with Gasteiger partial charge in [-0.3, -0.25) is 0 Å². The highest BCUT2D eigenvalue weighted by Crippen LogP contribution is 2.32. The first kappa shape index (κ1) is 10.3. The van der Waals surface area contributed by atoms with Crippen LogP contribution in [0.3, 0.4) is 0 Å². The summed E-state index contributed by atoms with van der Waals surface area (Å²) in [6.07, 6.45) is 0. The molecule has 0 amide bonds. The lowest BCUT2D eigenvalue weighted by Gasteiger charge is -2.03. The zero-order chi connectivity index (χ0) is 11.5. The van der Waals surface area contributed by atoms with Crippen LogP contribution in [0, 0.1) is 11.3 Å². The average molecular weight is 213 g/mol. The van der Waals surface area contributed by atoms with Gasteiger partial charge in [0.05, 0.1) is 5.39 Å². The van der Waals surface area contributed by atoms with Gasteiger partial charge >= 0.3 is 0 Å². The molecule has 0 bridgehead atoms. The van der Waals surface area contributed by atoms with Gasteiger partial charge in [-0.2, -0.15) is 5.26 Å². The Morgan fingerprint density at radius 3 is 2.94 bits per heavy atom. The van der Waals surface area contributed by atoms with Gasteiger partial charge in [-0.05, 0) is 24.6 Å². The van der Waals surface area contributed by atoms with Crippen molar-refractivity contribution < 1.29 is 9.15 Å². The third-order valence-corrected chi connectivity index (χ3v) is 2.11. The topological polar surface area (TPSA) is 46.2 Å². The molecule has 1 aromatic heterocycles. The van der Waals surface area contributed by atoms with Gasteiger partial charge in [-0.25, -0.2) is 0 Å². The SMILES string of the molecule is C=C(C)COc1c(C#N)oc2ccccc12. The third kappa shape index (κ3) is 1.78. The molecular weight excluding hydrogens is 202 g/mol. The summed E-state index contributed by atoms with van der Waals surface area (Å²) < 4.78 is 10.9. The van der Waals surface area contributed by atoms with Crippen molar-refractivity contribution in [1.29, 1.82) is 5.26 Å².